The molecule has 2 aromatic carbocycles. The molecule has 0 saturated heterocycles. The van der Waals surface area contributed by atoms with Crippen molar-refractivity contribution in [3.8, 4) is 5.75 Å². The van der Waals surface area contributed by atoms with Gasteiger partial charge in [-0.15, -0.1) is 0 Å². The lowest BCUT2D eigenvalue weighted by atomic mass is 9.99. The number of ether oxygens (including phenoxy) is 2. The zero-order chi connectivity index (χ0) is 23.4. The zero-order valence-corrected chi connectivity index (χ0v) is 20.5. The molecule has 7 heteroatoms. The van der Waals surface area contributed by atoms with Crippen LogP contribution >= 0.6 is 27.5 Å². The predicted octanol–water partition coefficient (Wildman–Crippen LogP) is 7.71. The van der Waals surface area contributed by atoms with Gasteiger partial charge in [0.15, 0.2) is 0 Å². The molecule has 170 valence electrons. The van der Waals surface area contributed by atoms with Crippen molar-refractivity contribution in [1.29, 1.82) is 0 Å². The molecule has 0 fully saturated rings. The van der Waals surface area contributed by atoms with Crippen molar-refractivity contribution >= 4 is 44.4 Å². The number of nitrogens with zero attached hydrogens (tertiary/aromatic N) is 2. The van der Waals surface area contributed by atoms with Crippen LogP contribution in [0.15, 0.2) is 59.8 Å². The lowest BCUT2D eigenvalue weighted by molar-refractivity contribution is 0.297. The highest BCUT2D eigenvalue weighted by molar-refractivity contribution is 9.10. The van der Waals surface area contributed by atoms with Crippen molar-refractivity contribution < 1.29 is 13.9 Å². The van der Waals surface area contributed by atoms with E-state index in [1.165, 1.54) is 6.07 Å². The molecule has 1 aliphatic carbocycles. The van der Waals surface area contributed by atoms with E-state index in [9.17, 15) is 4.39 Å². The molecule has 0 bridgehead atoms. The van der Waals surface area contributed by atoms with Crippen molar-refractivity contribution in [1.82, 2.24) is 9.97 Å². The van der Waals surface area contributed by atoms with Gasteiger partial charge in [0.2, 0.25) is 0 Å². The Morgan fingerprint density at radius 1 is 1.15 bits per heavy atom. The second kappa shape index (κ2) is 10.5. The highest BCUT2D eigenvalue weighted by atomic mass is 79.9. The van der Waals surface area contributed by atoms with Crippen molar-refractivity contribution in [3.63, 3.8) is 0 Å². The fourth-order valence-electron chi connectivity index (χ4n) is 3.88. The first-order valence-electron chi connectivity index (χ1n) is 10.7. The van der Waals surface area contributed by atoms with E-state index in [4.69, 9.17) is 26.1 Å². The van der Waals surface area contributed by atoms with E-state index < -0.39 is 0 Å². The summed E-state index contributed by atoms with van der Waals surface area (Å²) in [6.45, 7) is 6.47. The fourth-order valence-corrected chi connectivity index (χ4v) is 4.38. The first-order chi connectivity index (χ1) is 16.0. The van der Waals surface area contributed by atoms with Crippen molar-refractivity contribution in [2.75, 3.05) is 6.61 Å². The van der Waals surface area contributed by atoms with Gasteiger partial charge in [0, 0.05) is 20.6 Å². The van der Waals surface area contributed by atoms with E-state index in [0.29, 0.717) is 38.9 Å². The fraction of sp³-hybridized carbons (Fsp3) is 0.231. The minimum absolute atomic E-state index is 0.111. The molecule has 4 nitrogen and oxygen atoms in total. The molecule has 1 heterocycles. The molecule has 4 rings (SSSR count). The summed E-state index contributed by atoms with van der Waals surface area (Å²) in [5, 5.41) is 0.607. The molecule has 0 aliphatic heterocycles. The van der Waals surface area contributed by atoms with E-state index in [1.807, 2.05) is 19.1 Å². The third-order valence-corrected chi connectivity index (χ3v) is 6.16. The normalized spacial score (nSPS) is 13.3. The van der Waals surface area contributed by atoms with Gasteiger partial charge in [-0.25, -0.2) is 9.37 Å². The summed E-state index contributed by atoms with van der Waals surface area (Å²) in [6, 6.07) is 10.4. The van der Waals surface area contributed by atoms with Crippen LogP contribution in [0.1, 0.15) is 48.7 Å². The van der Waals surface area contributed by atoms with Gasteiger partial charge in [-0.1, -0.05) is 40.2 Å². The van der Waals surface area contributed by atoms with Gasteiger partial charge in [0.1, 0.15) is 29.6 Å². The monoisotopic (exact) mass is 528 g/mol. The average Bonchev–Trinajstić information content (AvgIpc) is 3.29. The Kier molecular flexibility index (Phi) is 7.46. The smallest absolute Gasteiger partial charge is 0.139 e. The van der Waals surface area contributed by atoms with Crippen LogP contribution in [-0.2, 0) is 11.3 Å². The molecular weight excluding hydrogens is 507 g/mol. The van der Waals surface area contributed by atoms with Gasteiger partial charge in [-0.3, -0.25) is 4.98 Å². The molecule has 0 radical (unpaired) electrons. The minimum Gasteiger partial charge on any atom is -0.492 e. The van der Waals surface area contributed by atoms with E-state index >= 15 is 0 Å². The van der Waals surface area contributed by atoms with Gasteiger partial charge >= 0.3 is 0 Å². The van der Waals surface area contributed by atoms with Crippen LogP contribution in [0.25, 0.3) is 16.9 Å². The van der Waals surface area contributed by atoms with E-state index in [0.717, 1.165) is 41.7 Å². The molecule has 0 N–H and O–H groups in total. The first kappa shape index (κ1) is 23.5. The highest BCUT2D eigenvalue weighted by Gasteiger charge is 2.23. The number of rotatable bonds is 8. The predicted molar refractivity (Wildman–Crippen MR) is 133 cm³/mol. The average molecular weight is 530 g/mol. The molecule has 0 spiro atoms. The van der Waals surface area contributed by atoms with Crippen LogP contribution in [0, 0.1) is 5.82 Å². The third-order valence-electron chi connectivity index (χ3n) is 5.43. The molecular formula is C26H23BrClFN2O2. The Balaban J connectivity index is 1.69. The standard InChI is InChI=1S/C26H23BrClFN2O2/c1-3-32-16(2)24-13-30-14-25(31-24)21-6-4-5-20(21)22-12-19(28)9-10-26(22)33-15-17-7-8-18(27)11-23(17)29/h7-14H,2-6,15H2,1H3. The SMILES string of the molecule is C=C(OCC)c1cncc(C2=C(c3cc(Cl)ccc3OCc3ccc(Br)cc3F)CCC2)n1. The molecule has 0 atom stereocenters. The molecule has 1 aromatic heterocycles. The second-order valence-electron chi connectivity index (χ2n) is 7.62. The maximum absolute atomic E-state index is 14.3. The van der Waals surface area contributed by atoms with Crippen LogP contribution in [0.3, 0.4) is 0 Å². The summed E-state index contributed by atoms with van der Waals surface area (Å²) in [5.74, 6) is 0.830. The van der Waals surface area contributed by atoms with Gasteiger partial charge in [0.25, 0.3) is 0 Å². The number of benzene rings is 2. The highest BCUT2D eigenvalue weighted by Crippen LogP contribution is 2.43. The molecule has 33 heavy (non-hydrogen) atoms. The van der Waals surface area contributed by atoms with E-state index in [2.05, 4.69) is 27.5 Å². The molecule has 0 amide bonds. The Labute approximate surface area is 206 Å². The number of allylic oxidation sites excluding steroid dienone is 2. The van der Waals surface area contributed by atoms with E-state index in [-0.39, 0.29) is 12.4 Å². The Bertz CT molecular complexity index is 1230. The van der Waals surface area contributed by atoms with Crippen LogP contribution in [0.4, 0.5) is 4.39 Å². The topological polar surface area (TPSA) is 44.2 Å². The number of halogens is 3. The van der Waals surface area contributed by atoms with Gasteiger partial charge in [-0.05, 0) is 67.7 Å². The summed E-state index contributed by atoms with van der Waals surface area (Å²) in [6.07, 6.45) is 6.11. The van der Waals surface area contributed by atoms with Crippen LogP contribution in [0.2, 0.25) is 5.02 Å². The summed E-state index contributed by atoms with van der Waals surface area (Å²) in [5.41, 5.74) is 4.97. The van der Waals surface area contributed by atoms with Gasteiger partial charge in [-0.2, -0.15) is 0 Å². The molecule has 1 aliphatic rings. The summed E-state index contributed by atoms with van der Waals surface area (Å²) in [7, 11) is 0. The van der Waals surface area contributed by atoms with E-state index in [1.54, 1.807) is 30.6 Å². The maximum Gasteiger partial charge on any atom is 0.139 e. The second-order valence-corrected chi connectivity index (χ2v) is 8.97. The maximum atomic E-state index is 14.3. The van der Waals surface area contributed by atoms with Crippen molar-refractivity contribution in [2.24, 2.45) is 0 Å². The van der Waals surface area contributed by atoms with Crippen LogP contribution in [0.5, 0.6) is 5.75 Å². The lowest BCUT2D eigenvalue weighted by Crippen LogP contribution is -2.02. The van der Waals surface area contributed by atoms with Gasteiger partial charge in [0.05, 0.1) is 24.7 Å². The Morgan fingerprint density at radius 2 is 1.97 bits per heavy atom. The lowest BCUT2D eigenvalue weighted by Gasteiger charge is -2.15. The summed E-state index contributed by atoms with van der Waals surface area (Å²) < 4.78 is 26.5. The Morgan fingerprint density at radius 3 is 2.76 bits per heavy atom. The van der Waals surface area contributed by atoms with Crippen molar-refractivity contribution in [3.05, 3.63) is 93.2 Å². The quantitative estimate of drug-likeness (QED) is 0.280. The number of hydrogen-bond acceptors (Lipinski definition) is 4. The van der Waals surface area contributed by atoms with Crippen molar-refractivity contribution in [2.45, 2.75) is 32.8 Å². The Hall–Kier alpha value is -2.70. The molecule has 0 saturated carbocycles. The summed E-state index contributed by atoms with van der Waals surface area (Å²) >= 11 is 9.63. The van der Waals surface area contributed by atoms with Crippen LogP contribution < -0.4 is 4.74 Å². The third kappa shape index (κ3) is 5.45. The number of aromatic nitrogens is 2. The minimum atomic E-state index is -0.317. The zero-order valence-electron chi connectivity index (χ0n) is 18.2. The molecule has 0 unspecified atom stereocenters. The molecule has 3 aromatic rings. The summed E-state index contributed by atoms with van der Waals surface area (Å²) in [4.78, 5) is 9.09. The first-order valence-corrected chi connectivity index (χ1v) is 11.9. The van der Waals surface area contributed by atoms with Gasteiger partial charge < -0.3 is 9.47 Å². The largest absolute Gasteiger partial charge is 0.492 e. The van der Waals surface area contributed by atoms with Crippen LogP contribution in [-0.4, -0.2) is 16.6 Å². The number of hydrogen-bond donors (Lipinski definition) is 0.